The van der Waals surface area contributed by atoms with Gasteiger partial charge < -0.3 is 0 Å². The van der Waals surface area contributed by atoms with Crippen molar-refractivity contribution < 1.29 is 14.4 Å². The second kappa shape index (κ2) is 3.86. The van der Waals surface area contributed by atoms with E-state index in [9.17, 15) is 14.4 Å². The maximum Gasteiger partial charge on any atom is 0.303 e. The number of fused-ring (bicyclic) bond motifs is 1. The van der Waals surface area contributed by atoms with Gasteiger partial charge in [-0.25, -0.2) is 0 Å². The summed E-state index contributed by atoms with van der Waals surface area (Å²) in [6.07, 6.45) is 0.0495. The number of anilines is 1. The molecule has 0 bridgehead atoms. The number of aldehydes is 1. The van der Waals surface area contributed by atoms with Crippen LogP contribution < -0.4 is 4.90 Å². The number of hydrogen-bond donors (Lipinski definition) is 0. The Labute approximate surface area is 90.3 Å². The van der Waals surface area contributed by atoms with E-state index in [2.05, 4.69) is 0 Å². The maximum absolute atomic E-state index is 11.5. The first-order valence-electron chi connectivity index (χ1n) is 4.27. The largest absolute Gasteiger partial charge is 0.303 e. The molecule has 0 unspecified atom stereocenters. The molecule has 1 aromatic carbocycles. The third kappa shape index (κ3) is 1.66. The Hall–Kier alpha value is -1.62. The molecule has 0 spiro atoms. The maximum atomic E-state index is 11.5. The average Bonchev–Trinajstić information content (AvgIpc) is 2.70. The molecule has 1 aromatic rings. The van der Waals surface area contributed by atoms with Crippen molar-refractivity contribution in [2.45, 2.75) is 4.90 Å². The summed E-state index contributed by atoms with van der Waals surface area (Å²) in [5.74, 6) is -1.38. The topological polar surface area (TPSA) is 54.5 Å². The fourth-order valence-electron chi connectivity index (χ4n) is 1.36. The minimum absolute atomic E-state index is 0.0495. The van der Waals surface area contributed by atoms with Crippen LogP contribution in [0.4, 0.5) is 5.69 Å². The van der Waals surface area contributed by atoms with Crippen LogP contribution in [0, 0.1) is 0 Å². The Bertz CT molecular complexity index is 444. The zero-order chi connectivity index (χ0) is 10.8. The lowest BCUT2D eigenvalue weighted by Gasteiger charge is -2.13. The molecular formula is C10H7NO3S. The minimum Gasteiger partial charge on any atom is -0.294 e. The third-order valence-corrected chi connectivity index (χ3v) is 3.11. The smallest absolute Gasteiger partial charge is 0.294 e. The van der Waals surface area contributed by atoms with Crippen molar-refractivity contribution in [2.24, 2.45) is 0 Å². The lowest BCUT2D eigenvalue weighted by atomic mass is 10.3. The van der Waals surface area contributed by atoms with Gasteiger partial charge in [-0.3, -0.25) is 19.3 Å². The lowest BCUT2D eigenvalue weighted by molar-refractivity contribution is -0.139. The molecule has 0 N–H and O–H groups in total. The fourth-order valence-corrected chi connectivity index (χ4v) is 2.38. The molecular weight excluding hydrogens is 214 g/mol. The number of thioether (sulfide) groups is 1. The number of para-hydroxylation sites is 1. The zero-order valence-corrected chi connectivity index (χ0v) is 8.49. The summed E-state index contributed by atoms with van der Waals surface area (Å²) in [5.41, 5.74) is 0.697. The molecule has 5 heteroatoms. The number of Topliss-reactive ketones (excluding diaryl/α,β-unsaturated/α-hetero) is 1. The van der Waals surface area contributed by atoms with Crippen LogP contribution in [0.1, 0.15) is 0 Å². The van der Waals surface area contributed by atoms with E-state index in [1.54, 1.807) is 12.1 Å². The third-order valence-electron chi connectivity index (χ3n) is 2.07. The first-order valence-corrected chi connectivity index (χ1v) is 5.25. The molecule has 0 aliphatic carbocycles. The molecule has 2 rings (SSSR count). The number of carbonyl (C=O) groups is 3. The predicted octanol–water partition coefficient (Wildman–Crippen LogP) is 0.851. The summed E-state index contributed by atoms with van der Waals surface area (Å²) in [6.45, 7) is 0. The SMILES string of the molecule is O=CC(=O)C(=O)N1CSc2ccccc21. The highest BCUT2D eigenvalue weighted by molar-refractivity contribution is 8.00. The van der Waals surface area contributed by atoms with Crippen LogP contribution in [-0.4, -0.2) is 23.9 Å². The first-order chi connectivity index (χ1) is 7.24. The van der Waals surface area contributed by atoms with Gasteiger partial charge in [-0.1, -0.05) is 12.1 Å². The van der Waals surface area contributed by atoms with E-state index in [1.165, 1.54) is 16.7 Å². The summed E-state index contributed by atoms with van der Waals surface area (Å²) in [4.78, 5) is 34.9. The lowest BCUT2D eigenvalue weighted by Crippen LogP contribution is -2.35. The van der Waals surface area contributed by atoms with Crippen LogP contribution in [0.5, 0.6) is 0 Å². The number of rotatable bonds is 2. The number of ketones is 1. The van der Waals surface area contributed by atoms with Crippen molar-refractivity contribution in [1.29, 1.82) is 0 Å². The molecule has 1 aliphatic heterocycles. The summed E-state index contributed by atoms with van der Waals surface area (Å²) in [7, 11) is 0. The Morgan fingerprint density at radius 3 is 2.80 bits per heavy atom. The second-order valence-corrected chi connectivity index (χ2v) is 3.94. The quantitative estimate of drug-likeness (QED) is 0.422. The zero-order valence-electron chi connectivity index (χ0n) is 7.67. The van der Waals surface area contributed by atoms with Crippen molar-refractivity contribution in [3.05, 3.63) is 24.3 Å². The molecule has 1 aliphatic rings. The van der Waals surface area contributed by atoms with Crippen LogP contribution in [0.2, 0.25) is 0 Å². The van der Waals surface area contributed by atoms with Gasteiger partial charge in [0.2, 0.25) is 0 Å². The van der Waals surface area contributed by atoms with Crippen molar-refractivity contribution >= 4 is 35.4 Å². The second-order valence-electron chi connectivity index (χ2n) is 2.96. The molecule has 0 radical (unpaired) electrons. The molecule has 4 nitrogen and oxygen atoms in total. The van der Waals surface area contributed by atoms with Gasteiger partial charge in [0.1, 0.15) is 0 Å². The van der Waals surface area contributed by atoms with Crippen molar-refractivity contribution in [3.8, 4) is 0 Å². The summed E-state index contributed by atoms with van der Waals surface area (Å²) < 4.78 is 0. The number of hydrogen-bond acceptors (Lipinski definition) is 4. The van der Waals surface area contributed by atoms with Crippen molar-refractivity contribution in [1.82, 2.24) is 0 Å². The fraction of sp³-hybridized carbons (Fsp3) is 0.100. The molecule has 1 amide bonds. The van der Waals surface area contributed by atoms with Gasteiger partial charge in [0.05, 0.1) is 11.6 Å². The number of carbonyl (C=O) groups excluding carboxylic acids is 3. The van der Waals surface area contributed by atoms with E-state index >= 15 is 0 Å². The van der Waals surface area contributed by atoms with Gasteiger partial charge in [-0.15, -0.1) is 11.8 Å². The van der Waals surface area contributed by atoms with Gasteiger partial charge in [0.15, 0.2) is 6.29 Å². The molecule has 76 valence electrons. The Morgan fingerprint density at radius 1 is 1.33 bits per heavy atom. The summed E-state index contributed by atoms with van der Waals surface area (Å²) >= 11 is 1.47. The molecule has 0 fully saturated rings. The van der Waals surface area contributed by atoms with E-state index in [0.29, 0.717) is 11.6 Å². The molecule has 0 aromatic heterocycles. The Balaban J connectivity index is 2.32. The van der Waals surface area contributed by atoms with E-state index in [1.807, 2.05) is 12.1 Å². The van der Waals surface area contributed by atoms with Gasteiger partial charge >= 0.3 is 5.91 Å². The van der Waals surface area contributed by atoms with Crippen LogP contribution in [0.3, 0.4) is 0 Å². The van der Waals surface area contributed by atoms with Gasteiger partial charge in [0.25, 0.3) is 5.78 Å². The van der Waals surface area contributed by atoms with Crippen molar-refractivity contribution in [3.63, 3.8) is 0 Å². The molecule has 0 saturated heterocycles. The van der Waals surface area contributed by atoms with Gasteiger partial charge in [0, 0.05) is 4.90 Å². The Morgan fingerprint density at radius 2 is 2.07 bits per heavy atom. The highest BCUT2D eigenvalue weighted by Gasteiger charge is 2.28. The summed E-state index contributed by atoms with van der Waals surface area (Å²) in [5, 5.41) is 0. The number of nitrogens with zero attached hydrogens (tertiary/aromatic N) is 1. The van der Waals surface area contributed by atoms with Crippen LogP contribution in [0.15, 0.2) is 29.2 Å². The normalized spacial score (nSPS) is 13.5. The van der Waals surface area contributed by atoms with Crippen LogP contribution in [0.25, 0.3) is 0 Å². The molecule has 0 saturated carbocycles. The predicted molar refractivity (Wildman–Crippen MR) is 55.7 cm³/mol. The monoisotopic (exact) mass is 221 g/mol. The number of amides is 1. The highest BCUT2D eigenvalue weighted by atomic mass is 32.2. The number of benzene rings is 1. The standard InChI is InChI=1S/C10H7NO3S/c12-5-8(13)10(14)11-6-15-9-4-2-1-3-7(9)11/h1-5H,6H2. The van der Waals surface area contributed by atoms with E-state index in [-0.39, 0.29) is 6.29 Å². The van der Waals surface area contributed by atoms with Gasteiger partial charge in [-0.2, -0.15) is 0 Å². The molecule has 15 heavy (non-hydrogen) atoms. The van der Waals surface area contributed by atoms with Crippen LogP contribution in [-0.2, 0) is 14.4 Å². The Kier molecular flexibility index (Phi) is 2.55. The van der Waals surface area contributed by atoms with E-state index < -0.39 is 11.7 Å². The van der Waals surface area contributed by atoms with Gasteiger partial charge in [-0.05, 0) is 12.1 Å². The average molecular weight is 221 g/mol. The first kappa shape index (κ1) is 9.92. The van der Waals surface area contributed by atoms with Crippen LogP contribution >= 0.6 is 11.8 Å². The summed E-state index contributed by atoms with van der Waals surface area (Å²) in [6, 6.07) is 7.28. The molecule has 1 heterocycles. The van der Waals surface area contributed by atoms with E-state index in [4.69, 9.17) is 0 Å². The van der Waals surface area contributed by atoms with Crippen molar-refractivity contribution in [2.75, 3.05) is 10.8 Å². The van der Waals surface area contributed by atoms with E-state index in [0.717, 1.165) is 4.90 Å². The molecule has 0 atom stereocenters. The minimum atomic E-state index is -1.01. The highest BCUT2D eigenvalue weighted by Crippen LogP contribution is 2.37.